The van der Waals surface area contributed by atoms with E-state index in [2.05, 4.69) is 4.98 Å². The average Bonchev–Trinajstić information content (AvgIpc) is 2.30. The number of benzene rings is 1. The molecule has 0 bridgehead atoms. The standard InChI is InChI=1S/C6H5N2.C2H6O2S.BH3O3.FH/c7-8-6-4-2-1-3-5-6;1-2-5(3)4;2-1(3)4;/h1-5H;2H2,1H3,(H,3,4);2-4H;1H/q+1;;;/p-1. The summed E-state index contributed by atoms with van der Waals surface area (Å²) in [5.74, 6) is 0.222. The van der Waals surface area contributed by atoms with Crippen LogP contribution < -0.4 is 0 Å². The largest absolute Gasteiger partial charge is 0.772 e. The van der Waals surface area contributed by atoms with Crippen molar-refractivity contribution < 1.29 is 28.5 Å². The smallest absolute Gasteiger partial charge is 0.631 e. The van der Waals surface area contributed by atoms with Crippen LogP contribution in [0.4, 0.5) is 10.4 Å². The van der Waals surface area contributed by atoms with Gasteiger partial charge < -0.3 is 19.6 Å². The van der Waals surface area contributed by atoms with E-state index in [1.807, 2.05) is 18.2 Å². The third-order valence-corrected chi connectivity index (χ3v) is 1.58. The van der Waals surface area contributed by atoms with Crippen molar-refractivity contribution in [2.75, 3.05) is 5.75 Å². The van der Waals surface area contributed by atoms with E-state index in [0.717, 1.165) is 0 Å². The highest BCUT2D eigenvalue weighted by atomic mass is 32.2. The fourth-order valence-electron chi connectivity index (χ4n) is 0.495. The molecule has 0 saturated heterocycles. The van der Waals surface area contributed by atoms with Gasteiger partial charge in [-0.15, -0.1) is 0 Å². The van der Waals surface area contributed by atoms with Crippen LogP contribution in [-0.2, 0) is 11.1 Å². The van der Waals surface area contributed by atoms with E-state index < -0.39 is 18.4 Å². The maximum absolute atomic E-state index is 9.37. The first-order chi connectivity index (χ1) is 7.93. The molecule has 7 nitrogen and oxygen atoms in total. The number of halogens is 1. The van der Waals surface area contributed by atoms with Crippen LogP contribution in [0.3, 0.4) is 0 Å². The maximum atomic E-state index is 9.37. The van der Waals surface area contributed by atoms with E-state index in [4.69, 9.17) is 20.5 Å². The van der Waals surface area contributed by atoms with Crippen LogP contribution in [0.2, 0.25) is 0 Å². The summed E-state index contributed by atoms with van der Waals surface area (Å²) < 4.78 is 18.7. The van der Waals surface area contributed by atoms with E-state index in [1.165, 1.54) is 0 Å². The van der Waals surface area contributed by atoms with Gasteiger partial charge >= 0.3 is 13.0 Å². The van der Waals surface area contributed by atoms with Crippen molar-refractivity contribution in [3.8, 4) is 0 Å². The molecule has 0 aromatic heterocycles. The predicted molar refractivity (Wildman–Crippen MR) is 65.6 cm³/mol. The Balaban J connectivity index is -0.000000198. The molecule has 0 amide bonds. The van der Waals surface area contributed by atoms with Crippen LogP contribution in [0.25, 0.3) is 4.98 Å². The summed E-state index contributed by atoms with van der Waals surface area (Å²) >= 11 is -1.82. The molecule has 0 radical (unpaired) electrons. The van der Waals surface area contributed by atoms with Crippen molar-refractivity contribution in [1.29, 1.82) is 5.39 Å². The zero-order valence-electron chi connectivity index (χ0n) is 9.54. The van der Waals surface area contributed by atoms with E-state index >= 15 is 0 Å². The first-order valence-corrected chi connectivity index (χ1v) is 5.68. The number of nitrogens with zero attached hydrogens (tertiary/aromatic N) is 2. The monoisotopic (exact) mass is 280 g/mol. The van der Waals surface area contributed by atoms with Crippen molar-refractivity contribution in [2.24, 2.45) is 0 Å². The third kappa shape index (κ3) is 24.0. The second-order valence-corrected chi connectivity index (χ2v) is 3.56. The molecular formula is C8H14BFN2O5S. The summed E-state index contributed by atoms with van der Waals surface area (Å²) in [7, 11) is -2.17. The Labute approximate surface area is 107 Å². The average molecular weight is 280 g/mol. The van der Waals surface area contributed by atoms with E-state index in [0.29, 0.717) is 5.69 Å². The van der Waals surface area contributed by atoms with E-state index in [1.54, 1.807) is 19.1 Å². The summed E-state index contributed by atoms with van der Waals surface area (Å²) in [6.07, 6.45) is 0. The highest BCUT2D eigenvalue weighted by Gasteiger charge is 1.96. The molecule has 1 atom stereocenters. The molecule has 18 heavy (non-hydrogen) atoms. The Morgan fingerprint density at radius 1 is 1.33 bits per heavy atom. The molecule has 0 aliphatic carbocycles. The van der Waals surface area contributed by atoms with Crippen molar-refractivity contribution in [3.05, 3.63) is 35.3 Å². The zero-order chi connectivity index (χ0) is 13.7. The molecule has 0 saturated carbocycles. The topological polar surface area (TPSA) is 129 Å². The van der Waals surface area contributed by atoms with Crippen LogP contribution in [0.1, 0.15) is 6.92 Å². The number of rotatable bonds is 1. The molecule has 0 aliphatic rings. The third-order valence-electron chi connectivity index (χ3n) is 1.11. The van der Waals surface area contributed by atoms with E-state index in [9.17, 15) is 8.76 Å². The number of hydrogen-bond acceptors (Lipinski definition) is 6. The van der Waals surface area contributed by atoms with Crippen molar-refractivity contribution in [1.82, 2.24) is 0 Å². The lowest BCUT2D eigenvalue weighted by Crippen LogP contribution is -2.07. The Morgan fingerprint density at radius 2 is 1.67 bits per heavy atom. The predicted octanol–water partition coefficient (Wildman–Crippen LogP) is 0.157. The van der Waals surface area contributed by atoms with Crippen LogP contribution in [0.5, 0.6) is 0 Å². The molecule has 1 aromatic carbocycles. The molecule has 102 valence electrons. The summed E-state index contributed by atoms with van der Waals surface area (Å²) in [5, 5.41) is 29.7. The van der Waals surface area contributed by atoms with Gasteiger partial charge in [-0.1, -0.05) is 36.2 Å². The van der Waals surface area contributed by atoms with Gasteiger partial charge in [0.1, 0.15) is 0 Å². The quantitative estimate of drug-likeness (QED) is 0.381. The van der Waals surface area contributed by atoms with Gasteiger partial charge in [0.05, 0.1) is 0 Å². The van der Waals surface area contributed by atoms with Gasteiger partial charge in [0.15, 0.2) is 4.98 Å². The molecule has 3 N–H and O–H groups in total. The molecule has 1 unspecified atom stereocenters. The van der Waals surface area contributed by atoms with Crippen LogP contribution in [0, 0.1) is 5.39 Å². The fraction of sp³-hybridized carbons (Fsp3) is 0.250. The lowest BCUT2D eigenvalue weighted by molar-refractivity contribution is 0.278. The van der Waals surface area contributed by atoms with Crippen LogP contribution in [-0.4, -0.2) is 36.9 Å². The Hall–Kier alpha value is -1.38. The van der Waals surface area contributed by atoms with Gasteiger partial charge in [-0.3, -0.25) is 8.91 Å². The van der Waals surface area contributed by atoms with Crippen LogP contribution in [0.15, 0.2) is 30.3 Å². The molecule has 1 rings (SSSR count). The SMILES string of the molecule is CCS(=O)[O-].F.N#[N+]c1ccccc1.OB(O)O. The zero-order valence-corrected chi connectivity index (χ0v) is 10.4. The lowest BCUT2D eigenvalue weighted by Gasteiger charge is -1.93. The minimum Gasteiger partial charge on any atom is -0.772 e. The van der Waals surface area contributed by atoms with Crippen LogP contribution >= 0.6 is 0 Å². The molecule has 1 aromatic rings. The van der Waals surface area contributed by atoms with Gasteiger partial charge in [-0.05, 0) is 0 Å². The molecule has 0 heterocycles. The molecular weight excluding hydrogens is 266 g/mol. The molecule has 10 heteroatoms. The highest BCUT2D eigenvalue weighted by molar-refractivity contribution is 7.79. The molecule has 0 aliphatic heterocycles. The summed E-state index contributed by atoms with van der Waals surface area (Å²) in [6, 6.07) is 8.94. The maximum Gasteiger partial charge on any atom is 0.631 e. The molecule has 0 spiro atoms. The van der Waals surface area contributed by atoms with Crippen molar-refractivity contribution in [2.45, 2.75) is 6.92 Å². The normalized spacial score (nSPS) is 9.11. The number of hydrogen-bond donors (Lipinski definition) is 3. The molecule has 0 fully saturated rings. The minimum absolute atomic E-state index is 0. The fourth-order valence-corrected chi connectivity index (χ4v) is 0.495. The highest BCUT2D eigenvalue weighted by Crippen LogP contribution is 2.07. The minimum atomic E-state index is -2.17. The lowest BCUT2D eigenvalue weighted by atomic mass is 10.3. The Bertz CT molecular complexity index is 346. The van der Waals surface area contributed by atoms with Gasteiger partial charge in [0, 0.05) is 17.9 Å². The second kappa shape index (κ2) is 15.6. The van der Waals surface area contributed by atoms with Crippen molar-refractivity contribution in [3.63, 3.8) is 0 Å². The first kappa shape index (κ1) is 21.9. The Kier molecular flexibility index (Phi) is 19.0. The van der Waals surface area contributed by atoms with E-state index in [-0.39, 0.29) is 10.5 Å². The van der Waals surface area contributed by atoms with Gasteiger partial charge in [0.25, 0.3) is 0 Å². The van der Waals surface area contributed by atoms with Crippen molar-refractivity contribution >= 4 is 24.1 Å². The Morgan fingerprint density at radius 3 is 1.83 bits per heavy atom. The second-order valence-electron chi connectivity index (χ2n) is 2.37. The first-order valence-electron chi connectivity index (χ1n) is 4.44. The van der Waals surface area contributed by atoms with Gasteiger partial charge in [-0.25, -0.2) is 0 Å². The summed E-state index contributed by atoms with van der Waals surface area (Å²) in [4.78, 5) is 2.97. The van der Waals surface area contributed by atoms with Gasteiger partial charge in [-0.2, -0.15) is 0 Å². The number of diazo groups is 1. The summed E-state index contributed by atoms with van der Waals surface area (Å²) in [5.41, 5.74) is 0.590. The summed E-state index contributed by atoms with van der Waals surface area (Å²) in [6.45, 7) is 1.59. The van der Waals surface area contributed by atoms with Gasteiger partial charge in [0.2, 0.25) is 5.39 Å².